The van der Waals surface area contributed by atoms with Gasteiger partial charge in [0.05, 0.1) is 7.11 Å². The van der Waals surface area contributed by atoms with Crippen LogP contribution in [0.25, 0.3) is 6.08 Å². The second-order valence-corrected chi connectivity index (χ2v) is 11.5. The van der Waals surface area contributed by atoms with E-state index in [9.17, 15) is 4.79 Å². The Hall–Kier alpha value is -1.55. The Kier molecular flexibility index (Phi) is 5.40. The molecule has 0 aliphatic rings. The number of ether oxygens (including phenoxy) is 1. The molecule has 1 aromatic rings. The van der Waals surface area contributed by atoms with Gasteiger partial charge >= 0.3 is 0 Å². The van der Waals surface area contributed by atoms with E-state index in [1.54, 1.807) is 14.0 Å². The molecule has 0 radical (unpaired) electrons. The molecule has 0 unspecified atom stereocenters. The van der Waals surface area contributed by atoms with Gasteiger partial charge in [0.1, 0.15) is 12.0 Å². The zero-order valence-corrected chi connectivity index (χ0v) is 15.1. The Labute approximate surface area is 129 Å². The van der Waals surface area contributed by atoms with Crippen molar-refractivity contribution < 1.29 is 14.0 Å². The summed E-state index contributed by atoms with van der Waals surface area (Å²) in [5.41, 5.74) is 1.61. The van der Waals surface area contributed by atoms with Crippen LogP contribution in [-0.4, -0.2) is 21.7 Å². The summed E-state index contributed by atoms with van der Waals surface area (Å²) in [4.78, 5) is 10.7. The predicted molar refractivity (Wildman–Crippen MR) is 90.5 cm³/mol. The summed E-state index contributed by atoms with van der Waals surface area (Å²) >= 11 is 0. The van der Waals surface area contributed by atoms with Crippen molar-refractivity contribution in [2.45, 2.75) is 45.8 Å². The number of hydrogen-bond donors (Lipinski definition) is 0. The lowest BCUT2D eigenvalue weighted by molar-refractivity contribution is -0.104. The fourth-order valence-electron chi connectivity index (χ4n) is 1.58. The first-order chi connectivity index (χ1) is 9.60. The zero-order chi connectivity index (χ0) is 16.3. The van der Waals surface area contributed by atoms with Crippen LogP contribution in [0.5, 0.6) is 11.5 Å². The molecule has 21 heavy (non-hydrogen) atoms. The van der Waals surface area contributed by atoms with E-state index in [0.29, 0.717) is 11.3 Å². The highest BCUT2D eigenvalue weighted by Crippen LogP contribution is 2.40. The Balaban J connectivity index is 3.13. The van der Waals surface area contributed by atoms with Crippen LogP contribution in [0.4, 0.5) is 0 Å². The standard InChI is InChI=1S/C17H26O3Si/c1-13(12-18)10-14-8-9-15(16(11-14)19-5)20-21(6,7)17(2,3)4/h8-12H,1-7H3. The van der Waals surface area contributed by atoms with Crippen molar-refractivity contribution in [3.8, 4) is 11.5 Å². The quantitative estimate of drug-likeness (QED) is 0.450. The van der Waals surface area contributed by atoms with E-state index in [1.165, 1.54) is 0 Å². The SMILES string of the molecule is COc1cc(C=C(C)C=O)ccc1O[Si](C)(C)C(C)(C)C. The van der Waals surface area contributed by atoms with E-state index >= 15 is 0 Å². The lowest BCUT2D eigenvalue weighted by Gasteiger charge is -2.36. The smallest absolute Gasteiger partial charge is 0.250 e. The number of carbonyl (C=O) groups is 1. The van der Waals surface area contributed by atoms with Gasteiger partial charge in [-0.1, -0.05) is 26.8 Å². The highest BCUT2D eigenvalue weighted by Gasteiger charge is 2.39. The van der Waals surface area contributed by atoms with Crippen LogP contribution in [0, 0.1) is 0 Å². The zero-order valence-electron chi connectivity index (χ0n) is 14.1. The number of allylic oxidation sites excluding steroid dienone is 1. The van der Waals surface area contributed by atoms with Crippen LogP contribution in [0.3, 0.4) is 0 Å². The van der Waals surface area contributed by atoms with E-state index < -0.39 is 8.32 Å². The fraction of sp³-hybridized carbons (Fsp3) is 0.471. The third kappa shape index (κ3) is 4.46. The molecule has 0 aliphatic heterocycles. The second kappa shape index (κ2) is 6.48. The Morgan fingerprint density at radius 3 is 2.29 bits per heavy atom. The van der Waals surface area contributed by atoms with Crippen molar-refractivity contribution in [3.63, 3.8) is 0 Å². The minimum absolute atomic E-state index is 0.130. The summed E-state index contributed by atoms with van der Waals surface area (Å²) in [6.45, 7) is 12.8. The number of benzene rings is 1. The molecular formula is C17H26O3Si. The maximum Gasteiger partial charge on any atom is 0.250 e. The largest absolute Gasteiger partial charge is 0.541 e. The van der Waals surface area contributed by atoms with E-state index in [-0.39, 0.29) is 5.04 Å². The molecule has 0 atom stereocenters. The third-order valence-corrected chi connectivity index (χ3v) is 8.28. The van der Waals surface area contributed by atoms with Crippen LogP contribution in [0.1, 0.15) is 33.3 Å². The molecule has 0 spiro atoms. The molecule has 1 aromatic carbocycles. The summed E-state index contributed by atoms with van der Waals surface area (Å²) in [5.74, 6) is 1.47. The van der Waals surface area contributed by atoms with Crippen molar-refractivity contribution in [1.29, 1.82) is 0 Å². The average Bonchev–Trinajstić information content (AvgIpc) is 2.38. The highest BCUT2D eigenvalue weighted by molar-refractivity contribution is 6.74. The van der Waals surface area contributed by atoms with Crippen LogP contribution in [0.15, 0.2) is 23.8 Å². The monoisotopic (exact) mass is 306 g/mol. The topological polar surface area (TPSA) is 35.5 Å². The minimum Gasteiger partial charge on any atom is -0.541 e. The van der Waals surface area contributed by atoms with Gasteiger partial charge in [-0.25, -0.2) is 0 Å². The van der Waals surface area contributed by atoms with Gasteiger partial charge in [-0.15, -0.1) is 0 Å². The average molecular weight is 306 g/mol. The molecule has 116 valence electrons. The van der Waals surface area contributed by atoms with Crippen LogP contribution in [0.2, 0.25) is 18.1 Å². The van der Waals surface area contributed by atoms with Gasteiger partial charge in [0.25, 0.3) is 8.32 Å². The molecule has 3 nitrogen and oxygen atoms in total. The van der Waals surface area contributed by atoms with E-state index in [2.05, 4.69) is 33.9 Å². The first-order valence-corrected chi connectivity index (χ1v) is 10.0. The predicted octanol–water partition coefficient (Wildman–Crippen LogP) is 4.68. The Morgan fingerprint density at radius 1 is 1.19 bits per heavy atom. The van der Waals surface area contributed by atoms with Gasteiger partial charge in [-0.3, -0.25) is 4.79 Å². The molecule has 0 fully saturated rings. The van der Waals surface area contributed by atoms with Crippen molar-refractivity contribution in [1.82, 2.24) is 0 Å². The van der Waals surface area contributed by atoms with Gasteiger partial charge in [-0.2, -0.15) is 0 Å². The van der Waals surface area contributed by atoms with Gasteiger partial charge in [-0.05, 0) is 54.4 Å². The normalized spacial score (nSPS) is 13.0. The van der Waals surface area contributed by atoms with Crippen molar-refractivity contribution >= 4 is 20.7 Å². The van der Waals surface area contributed by atoms with Crippen LogP contribution < -0.4 is 9.16 Å². The molecule has 0 amide bonds. The minimum atomic E-state index is -1.90. The lowest BCUT2D eigenvalue weighted by atomic mass is 10.1. The molecule has 4 heteroatoms. The molecule has 0 aliphatic carbocycles. The summed E-state index contributed by atoms with van der Waals surface area (Å²) < 4.78 is 11.7. The molecule has 0 saturated carbocycles. The van der Waals surface area contributed by atoms with Gasteiger partial charge < -0.3 is 9.16 Å². The van der Waals surface area contributed by atoms with E-state index in [1.807, 2.05) is 24.3 Å². The summed E-state index contributed by atoms with van der Waals surface area (Å²) in [7, 11) is -0.268. The summed E-state index contributed by atoms with van der Waals surface area (Å²) in [6, 6.07) is 5.76. The Bertz CT molecular complexity index is 539. The van der Waals surface area contributed by atoms with Crippen molar-refractivity contribution in [3.05, 3.63) is 29.3 Å². The van der Waals surface area contributed by atoms with Gasteiger partial charge in [0, 0.05) is 0 Å². The Morgan fingerprint density at radius 2 is 1.81 bits per heavy atom. The van der Waals surface area contributed by atoms with Crippen molar-refractivity contribution in [2.24, 2.45) is 0 Å². The van der Waals surface area contributed by atoms with Gasteiger partial charge in [0.2, 0.25) is 0 Å². The molecular weight excluding hydrogens is 280 g/mol. The maximum atomic E-state index is 10.7. The fourth-order valence-corrected chi connectivity index (χ4v) is 2.61. The van der Waals surface area contributed by atoms with E-state index in [4.69, 9.17) is 9.16 Å². The molecule has 0 bridgehead atoms. The van der Waals surface area contributed by atoms with Gasteiger partial charge in [0.15, 0.2) is 5.75 Å². The van der Waals surface area contributed by atoms with Crippen LogP contribution >= 0.6 is 0 Å². The van der Waals surface area contributed by atoms with Crippen molar-refractivity contribution in [2.75, 3.05) is 7.11 Å². The van der Waals surface area contributed by atoms with Crippen LogP contribution in [-0.2, 0) is 4.79 Å². The molecule has 0 N–H and O–H groups in total. The molecule has 0 heterocycles. The highest BCUT2D eigenvalue weighted by atomic mass is 28.4. The number of rotatable bonds is 5. The number of carbonyl (C=O) groups excluding carboxylic acids is 1. The molecule has 0 aromatic heterocycles. The number of aldehydes is 1. The molecule has 1 rings (SSSR count). The first kappa shape index (κ1) is 17.5. The number of hydrogen-bond acceptors (Lipinski definition) is 3. The first-order valence-electron chi connectivity index (χ1n) is 7.11. The third-order valence-electron chi connectivity index (χ3n) is 3.94. The maximum absolute atomic E-state index is 10.7. The van der Waals surface area contributed by atoms with E-state index in [0.717, 1.165) is 17.6 Å². The summed E-state index contributed by atoms with van der Waals surface area (Å²) in [6.07, 6.45) is 2.66. The second-order valence-electron chi connectivity index (χ2n) is 6.78. The number of methoxy groups -OCH3 is 1. The lowest BCUT2D eigenvalue weighted by Crippen LogP contribution is -2.43. The summed E-state index contributed by atoms with van der Waals surface area (Å²) in [5, 5.41) is 0.130. The molecule has 0 saturated heterocycles.